The molecule has 0 unspecified atom stereocenters. The number of nitrogens with zero attached hydrogens (tertiary/aromatic N) is 2. The molecule has 1 fully saturated rings. The van der Waals surface area contributed by atoms with E-state index in [1.54, 1.807) is 6.20 Å². The van der Waals surface area contributed by atoms with Crippen molar-refractivity contribution in [3.8, 4) is 0 Å². The number of anilines is 1. The van der Waals surface area contributed by atoms with Crippen LogP contribution in [0.4, 0.5) is 19.0 Å². The summed E-state index contributed by atoms with van der Waals surface area (Å²) in [7, 11) is 0. The molecule has 106 valence electrons. The van der Waals surface area contributed by atoms with Crippen LogP contribution in [-0.4, -0.2) is 24.2 Å². The summed E-state index contributed by atoms with van der Waals surface area (Å²) in [6, 6.07) is 1.86. The Labute approximate surface area is 118 Å². The van der Waals surface area contributed by atoms with Gasteiger partial charge in [-0.1, -0.05) is 0 Å². The zero-order valence-corrected chi connectivity index (χ0v) is 11.8. The minimum absolute atomic E-state index is 0.116. The Bertz CT molecular complexity index is 442. The van der Waals surface area contributed by atoms with Gasteiger partial charge in [-0.3, -0.25) is 0 Å². The molecule has 2 N–H and O–H groups in total. The highest BCUT2D eigenvalue weighted by Crippen LogP contribution is 2.35. The molecular weight excluding hydrogens is 323 g/mol. The van der Waals surface area contributed by atoms with Gasteiger partial charge in [0.05, 0.1) is 5.92 Å². The second-order valence-corrected chi connectivity index (χ2v) is 5.56. The number of halogens is 4. The summed E-state index contributed by atoms with van der Waals surface area (Å²) in [5.74, 6) is -0.494. The van der Waals surface area contributed by atoms with Gasteiger partial charge in [0.1, 0.15) is 5.82 Å². The van der Waals surface area contributed by atoms with Crippen molar-refractivity contribution >= 4 is 21.7 Å². The summed E-state index contributed by atoms with van der Waals surface area (Å²) < 4.78 is 38.6. The monoisotopic (exact) mass is 337 g/mol. The fraction of sp³-hybridized carbons (Fsp3) is 0.583. The van der Waals surface area contributed by atoms with E-state index in [0.29, 0.717) is 25.5 Å². The van der Waals surface area contributed by atoms with Gasteiger partial charge in [0.25, 0.3) is 0 Å². The average Bonchev–Trinajstić information content (AvgIpc) is 2.37. The summed E-state index contributed by atoms with van der Waals surface area (Å²) in [6.07, 6.45) is -2.21. The normalized spacial score (nSPS) is 17.8. The minimum Gasteiger partial charge on any atom is -0.356 e. The van der Waals surface area contributed by atoms with Crippen LogP contribution in [0.3, 0.4) is 0 Å². The van der Waals surface area contributed by atoms with E-state index in [1.165, 1.54) is 0 Å². The van der Waals surface area contributed by atoms with Crippen molar-refractivity contribution in [2.75, 3.05) is 18.0 Å². The van der Waals surface area contributed by atoms with Crippen molar-refractivity contribution in [2.24, 2.45) is 11.7 Å². The summed E-state index contributed by atoms with van der Waals surface area (Å²) in [5, 5.41) is 0. The van der Waals surface area contributed by atoms with Crippen LogP contribution in [0.25, 0.3) is 0 Å². The highest BCUT2D eigenvalue weighted by Gasteiger charge is 2.41. The Morgan fingerprint density at radius 2 is 2.00 bits per heavy atom. The van der Waals surface area contributed by atoms with Gasteiger partial charge >= 0.3 is 6.18 Å². The van der Waals surface area contributed by atoms with E-state index in [1.807, 2.05) is 11.0 Å². The quantitative estimate of drug-likeness (QED) is 0.901. The first-order valence-electron chi connectivity index (χ1n) is 6.08. The molecule has 0 aliphatic carbocycles. The van der Waals surface area contributed by atoms with E-state index in [-0.39, 0.29) is 12.8 Å². The fourth-order valence-corrected chi connectivity index (χ4v) is 2.71. The van der Waals surface area contributed by atoms with Crippen LogP contribution in [0.15, 0.2) is 16.7 Å². The van der Waals surface area contributed by atoms with Gasteiger partial charge < -0.3 is 10.6 Å². The number of hydrogen-bond acceptors (Lipinski definition) is 3. The molecule has 0 bridgehead atoms. The molecule has 0 saturated carbocycles. The molecule has 1 aliphatic heterocycles. The van der Waals surface area contributed by atoms with E-state index in [0.717, 1.165) is 10.0 Å². The van der Waals surface area contributed by atoms with Crippen molar-refractivity contribution in [1.29, 1.82) is 0 Å². The van der Waals surface area contributed by atoms with Crippen LogP contribution in [0.2, 0.25) is 0 Å². The fourth-order valence-electron chi connectivity index (χ4n) is 2.33. The Morgan fingerprint density at radius 3 is 2.53 bits per heavy atom. The van der Waals surface area contributed by atoms with Crippen LogP contribution in [-0.2, 0) is 6.54 Å². The van der Waals surface area contributed by atoms with Crippen LogP contribution in [0.5, 0.6) is 0 Å². The Hall–Kier alpha value is -0.820. The summed E-state index contributed by atoms with van der Waals surface area (Å²) in [6.45, 7) is 1.05. The standard InChI is InChI=1S/C12H15BrF3N3/c13-10-5-8(6-17)11(18-7-10)19-3-1-9(2-4-19)12(14,15)16/h5,7,9H,1-4,6,17H2. The van der Waals surface area contributed by atoms with Crippen LogP contribution in [0, 0.1) is 5.92 Å². The lowest BCUT2D eigenvalue weighted by atomic mass is 9.96. The Balaban J connectivity index is 2.10. The topological polar surface area (TPSA) is 42.1 Å². The maximum Gasteiger partial charge on any atom is 0.391 e. The van der Waals surface area contributed by atoms with E-state index in [9.17, 15) is 13.2 Å². The van der Waals surface area contributed by atoms with Crippen molar-refractivity contribution in [1.82, 2.24) is 4.98 Å². The van der Waals surface area contributed by atoms with Crippen molar-refractivity contribution < 1.29 is 13.2 Å². The molecule has 1 aromatic rings. The Morgan fingerprint density at radius 1 is 1.37 bits per heavy atom. The van der Waals surface area contributed by atoms with Gasteiger partial charge in [0.2, 0.25) is 0 Å². The molecule has 2 heterocycles. The van der Waals surface area contributed by atoms with E-state index >= 15 is 0 Å². The molecule has 0 atom stereocenters. The number of aromatic nitrogens is 1. The molecule has 19 heavy (non-hydrogen) atoms. The summed E-state index contributed by atoms with van der Waals surface area (Å²) >= 11 is 3.31. The van der Waals surface area contributed by atoms with Gasteiger partial charge in [-0.05, 0) is 34.8 Å². The molecule has 2 rings (SSSR count). The number of nitrogens with two attached hydrogens (primary N) is 1. The molecule has 1 aliphatic rings. The first-order chi connectivity index (χ1) is 8.91. The smallest absolute Gasteiger partial charge is 0.356 e. The Kier molecular flexibility index (Phi) is 4.35. The zero-order valence-electron chi connectivity index (χ0n) is 10.3. The lowest BCUT2D eigenvalue weighted by molar-refractivity contribution is -0.179. The van der Waals surface area contributed by atoms with Crippen LogP contribution < -0.4 is 10.6 Å². The lowest BCUT2D eigenvalue weighted by Gasteiger charge is -2.34. The molecular formula is C12H15BrF3N3. The predicted molar refractivity (Wildman–Crippen MR) is 70.8 cm³/mol. The highest BCUT2D eigenvalue weighted by molar-refractivity contribution is 9.10. The van der Waals surface area contributed by atoms with Gasteiger partial charge in [0.15, 0.2) is 0 Å². The van der Waals surface area contributed by atoms with Crippen molar-refractivity contribution in [3.63, 3.8) is 0 Å². The second-order valence-electron chi connectivity index (χ2n) is 4.64. The molecule has 0 aromatic carbocycles. The number of pyridine rings is 1. The van der Waals surface area contributed by atoms with E-state index < -0.39 is 12.1 Å². The van der Waals surface area contributed by atoms with E-state index in [4.69, 9.17) is 5.73 Å². The summed E-state index contributed by atoms with van der Waals surface area (Å²) in [5.41, 5.74) is 6.50. The number of alkyl halides is 3. The second kappa shape index (κ2) is 5.66. The molecule has 1 saturated heterocycles. The molecule has 1 aromatic heterocycles. The first-order valence-corrected chi connectivity index (χ1v) is 6.87. The number of hydrogen-bond donors (Lipinski definition) is 1. The number of piperidine rings is 1. The molecule has 0 amide bonds. The average molecular weight is 338 g/mol. The third-order valence-electron chi connectivity index (χ3n) is 3.39. The number of rotatable bonds is 2. The minimum atomic E-state index is -4.09. The van der Waals surface area contributed by atoms with Crippen molar-refractivity contribution in [2.45, 2.75) is 25.6 Å². The largest absolute Gasteiger partial charge is 0.391 e. The van der Waals surface area contributed by atoms with Crippen LogP contribution >= 0.6 is 15.9 Å². The van der Waals surface area contributed by atoms with Gasteiger partial charge in [-0.25, -0.2) is 4.98 Å². The first kappa shape index (κ1) is 14.6. The maximum atomic E-state index is 12.6. The SMILES string of the molecule is NCc1cc(Br)cnc1N1CCC(C(F)(F)F)CC1. The molecule has 3 nitrogen and oxygen atoms in total. The molecule has 0 spiro atoms. The van der Waals surface area contributed by atoms with Gasteiger partial charge in [-0.15, -0.1) is 0 Å². The van der Waals surface area contributed by atoms with Gasteiger partial charge in [0, 0.05) is 35.9 Å². The third kappa shape index (κ3) is 3.39. The van der Waals surface area contributed by atoms with E-state index in [2.05, 4.69) is 20.9 Å². The highest BCUT2D eigenvalue weighted by atomic mass is 79.9. The van der Waals surface area contributed by atoms with Gasteiger partial charge in [-0.2, -0.15) is 13.2 Å². The van der Waals surface area contributed by atoms with Crippen molar-refractivity contribution in [3.05, 3.63) is 22.3 Å². The molecule has 7 heteroatoms. The summed E-state index contributed by atoms with van der Waals surface area (Å²) in [4.78, 5) is 6.16. The maximum absolute atomic E-state index is 12.6. The predicted octanol–water partition coefficient (Wildman–Crippen LogP) is 3.08. The zero-order chi connectivity index (χ0) is 14.0. The van der Waals surface area contributed by atoms with Crippen LogP contribution in [0.1, 0.15) is 18.4 Å². The third-order valence-corrected chi connectivity index (χ3v) is 3.82. The lowest BCUT2D eigenvalue weighted by Crippen LogP contribution is -2.39. The molecule has 0 radical (unpaired) electrons.